The zero-order chi connectivity index (χ0) is 81.8. The van der Waals surface area contributed by atoms with E-state index >= 15 is 0 Å². The molecule has 7 aliphatic rings. The van der Waals surface area contributed by atoms with E-state index in [2.05, 4.69) is 394 Å². The number of anilines is 6. The number of fused-ring (bicyclic) bond motifs is 9. The smallest absolute Gasteiger partial charge is 0.0457 e. The minimum Gasteiger partial charge on any atom is -0.338 e. The highest BCUT2D eigenvalue weighted by Crippen LogP contribution is 2.60. The lowest BCUT2D eigenvalue weighted by Crippen LogP contribution is -2.32. The lowest BCUT2D eigenvalue weighted by Gasteiger charge is -2.39. The van der Waals surface area contributed by atoms with Crippen molar-refractivity contribution < 1.29 is 0 Å². The molecule has 0 aliphatic heterocycles. The van der Waals surface area contributed by atoms with Crippen LogP contribution in [-0.4, -0.2) is 18.1 Å². The van der Waals surface area contributed by atoms with Gasteiger partial charge in [-0.3, -0.25) is 0 Å². The van der Waals surface area contributed by atoms with E-state index in [9.17, 15) is 0 Å². The van der Waals surface area contributed by atoms with Crippen molar-refractivity contribution in [1.29, 1.82) is 0 Å². The first-order valence-electron chi connectivity index (χ1n) is 44.9. The van der Waals surface area contributed by atoms with E-state index in [-0.39, 0.29) is 33.1 Å². The standard InChI is InChI=1S/C40H45N.C38H45N.C36H37N/c1-27(2)41(37-24-14-22-31(28-15-6-5-7-16-28)39(37)30-19-10-11-20-30)38-26-36-34(25-33(38)29-17-8-9-18-29)32-21-12-13-23-35(32)40(36,3)4;1-25(2)39(33-22-16-20-27(35(33)37(6,7)8)26-17-12-11-13-18-26)34-24-31-29(23-32(34)36(3,4)5)28-19-14-15-21-30(28)38(31,9)10;1-23(2)37(33-16-10-14-27(35(33)26-19-20-26)24-11-6-5-7-12-24)34-22-32-30(21-29(34)25-17-18-25)28-13-8-9-15-31(28)36(32,3)4/h5-7,12-16,21-27,29-30H,8-11,17-20H2,1-4H3;11-25H,1-10H3;5-16,21-23,25-26H,17-20H2,1-4H3. The summed E-state index contributed by atoms with van der Waals surface area (Å²) in [6.07, 6.45) is 15.8. The topological polar surface area (TPSA) is 9.72 Å². The normalized spacial score (nSPS) is 16.7. The Hall–Kier alpha value is -9.96. The lowest BCUT2D eigenvalue weighted by molar-refractivity contribution is 0.579. The largest absolute Gasteiger partial charge is 0.338 e. The van der Waals surface area contributed by atoms with E-state index < -0.39 is 0 Å². The van der Waals surface area contributed by atoms with Crippen molar-refractivity contribution in [3.05, 3.63) is 322 Å². The van der Waals surface area contributed by atoms with Crippen molar-refractivity contribution in [1.82, 2.24) is 0 Å². The molecule has 0 atom stereocenters. The van der Waals surface area contributed by atoms with Crippen LogP contribution in [-0.2, 0) is 27.1 Å². The first kappa shape index (κ1) is 79.5. The number of rotatable bonds is 16. The first-order valence-corrected chi connectivity index (χ1v) is 44.9. The zero-order valence-corrected chi connectivity index (χ0v) is 73.6. The van der Waals surface area contributed by atoms with E-state index in [1.54, 1.807) is 22.3 Å². The summed E-state index contributed by atoms with van der Waals surface area (Å²) in [6, 6.07) is 97.6. The van der Waals surface area contributed by atoms with Crippen LogP contribution >= 0.6 is 0 Å². The first-order chi connectivity index (χ1) is 56.1. The zero-order valence-electron chi connectivity index (χ0n) is 73.6. The van der Waals surface area contributed by atoms with Gasteiger partial charge in [-0.2, -0.15) is 0 Å². The number of hydrogen-bond acceptors (Lipinski definition) is 3. The fourth-order valence-corrected chi connectivity index (χ4v) is 21.9. The Labute approximate surface area is 703 Å². The monoisotopic (exact) mass is 1540 g/mol. The minimum atomic E-state index is -0.0432. The van der Waals surface area contributed by atoms with Gasteiger partial charge in [-0.05, 0) is 316 Å². The SMILES string of the molecule is CC(C)N(c1cc2c(cc1C(C)(C)C)-c1ccccc1C2(C)C)c1cccc(-c2ccccc2)c1C(C)(C)C.CC(C)N(c1cc2c(cc1C1CC1)-c1ccccc1C2(C)C)c1cccc(-c2ccccc2)c1C1CC1.CC(C)N(c1cc2c(cc1C1CCCC1)-c1ccccc1C2(C)C)c1cccc(-c2ccccc2)c1C1CCCC1. The maximum atomic E-state index is 2.74. The summed E-state index contributed by atoms with van der Waals surface area (Å²) in [6.45, 7) is 42.8. The van der Waals surface area contributed by atoms with Gasteiger partial charge in [0.05, 0.1) is 0 Å². The quantitative estimate of drug-likeness (QED) is 0.0955. The molecule has 0 radical (unpaired) electrons. The van der Waals surface area contributed by atoms with Gasteiger partial charge in [0.25, 0.3) is 0 Å². The molecule has 12 aromatic rings. The summed E-state index contributed by atoms with van der Waals surface area (Å²) < 4.78 is 0. The van der Waals surface area contributed by atoms with Gasteiger partial charge in [-0.1, -0.05) is 309 Å². The molecule has 3 heteroatoms. The van der Waals surface area contributed by atoms with Crippen LogP contribution in [0.5, 0.6) is 0 Å². The highest BCUT2D eigenvalue weighted by atomic mass is 15.2. The third-order valence-electron chi connectivity index (χ3n) is 27.8. The molecular formula is C114H127N3. The van der Waals surface area contributed by atoms with Crippen LogP contribution in [0.3, 0.4) is 0 Å². The highest BCUT2D eigenvalue weighted by molar-refractivity contribution is 5.92. The molecule has 12 aromatic carbocycles. The number of nitrogens with zero attached hydrogens (tertiary/aromatic N) is 3. The highest BCUT2D eigenvalue weighted by Gasteiger charge is 2.44. The van der Waals surface area contributed by atoms with Crippen LogP contribution < -0.4 is 14.7 Å². The second-order valence-corrected chi connectivity index (χ2v) is 40.0. The molecule has 0 aromatic heterocycles. The second-order valence-electron chi connectivity index (χ2n) is 40.0. The van der Waals surface area contributed by atoms with Crippen LogP contribution in [0, 0.1) is 0 Å². The van der Waals surface area contributed by atoms with Crippen LogP contribution in [0.15, 0.2) is 255 Å². The van der Waals surface area contributed by atoms with Crippen LogP contribution in [0.1, 0.15) is 292 Å². The molecule has 4 fully saturated rings. The van der Waals surface area contributed by atoms with Gasteiger partial charge in [-0.25, -0.2) is 0 Å². The molecule has 0 saturated heterocycles. The summed E-state index contributed by atoms with van der Waals surface area (Å²) in [4.78, 5) is 8.05. The van der Waals surface area contributed by atoms with Crippen molar-refractivity contribution in [2.24, 2.45) is 0 Å². The molecule has 0 N–H and O–H groups in total. The Kier molecular flexibility index (Phi) is 21.1. The molecule has 0 amide bonds. The molecule has 3 nitrogen and oxygen atoms in total. The third-order valence-corrected chi connectivity index (χ3v) is 27.8. The van der Waals surface area contributed by atoms with E-state index in [0.717, 1.165) is 0 Å². The molecule has 598 valence electrons. The molecule has 117 heavy (non-hydrogen) atoms. The van der Waals surface area contributed by atoms with Crippen molar-refractivity contribution in [3.8, 4) is 66.8 Å². The minimum absolute atomic E-state index is 0.00228. The second kappa shape index (κ2) is 31.1. The van der Waals surface area contributed by atoms with Crippen molar-refractivity contribution in [2.75, 3.05) is 14.7 Å². The van der Waals surface area contributed by atoms with Gasteiger partial charge in [0.2, 0.25) is 0 Å². The third kappa shape index (κ3) is 14.5. The molecular weight excluding hydrogens is 1410 g/mol. The van der Waals surface area contributed by atoms with Gasteiger partial charge < -0.3 is 14.7 Å². The summed E-state index contributed by atoms with van der Waals surface area (Å²) >= 11 is 0. The molecule has 4 saturated carbocycles. The average molecular weight is 1540 g/mol. The van der Waals surface area contributed by atoms with Crippen molar-refractivity contribution in [3.63, 3.8) is 0 Å². The molecule has 7 aliphatic carbocycles. The average Bonchev–Trinajstić information content (AvgIpc) is 1.51. The number of hydrogen-bond donors (Lipinski definition) is 0. The molecule has 19 rings (SSSR count). The van der Waals surface area contributed by atoms with Gasteiger partial charge in [0.1, 0.15) is 0 Å². The molecule has 0 heterocycles. The summed E-state index contributed by atoms with van der Waals surface area (Å²) in [5.41, 5.74) is 42.7. The lowest BCUT2D eigenvalue weighted by atomic mass is 9.78. The Morgan fingerprint density at radius 1 is 0.256 bits per heavy atom. The van der Waals surface area contributed by atoms with E-state index in [4.69, 9.17) is 0 Å². The fourth-order valence-electron chi connectivity index (χ4n) is 21.9. The van der Waals surface area contributed by atoms with E-state index in [0.29, 0.717) is 35.8 Å². The Bertz CT molecular complexity index is 5650. The summed E-state index contributed by atoms with van der Waals surface area (Å²) in [7, 11) is 0. The van der Waals surface area contributed by atoms with Gasteiger partial charge >= 0.3 is 0 Å². The Morgan fingerprint density at radius 3 is 0.923 bits per heavy atom. The maximum absolute atomic E-state index is 2.74. The maximum Gasteiger partial charge on any atom is 0.0457 e. The van der Waals surface area contributed by atoms with Gasteiger partial charge in [0, 0.05) is 68.5 Å². The molecule has 0 spiro atoms. The molecule has 0 bridgehead atoms. The predicted octanol–water partition coefficient (Wildman–Crippen LogP) is 32.3. The Morgan fingerprint density at radius 2 is 0.556 bits per heavy atom. The Balaban J connectivity index is 0.000000126. The predicted molar refractivity (Wildman–Crippen MR) is 503 cm³/mol. The summed E-state index contributed by atoms with van der Waals surface area (Å²) in [5.74, 6) is 2.60. The molecule has 0 unspecified atom stereocenters. The van der Waals surface area contributed by atoms with E-state index in [1.807, 2.05) is 0 Å². The van der Waals surface area contributed by atoms with Crippen LogP contribution in [0.4, 0.5) is 34.1 Å². The van der Waals surface area contributed by atoms with Crippen LogP contribution in [0.25, 0.3) is 66.8 Å². The van der Waals surface area contributed by atoms with Crippen LogP contribution in [0.2, 0.25) is 0 Å². The van der Waals surface area contributed by atoms with Crippen molar-refractivity contribution in [2.45, 2.75) is 271 Å². The van der Waals surface area contributed by atoms with E-state index in [1.165, 1.54) is 222 Å². The van der Waals surface area contributed by atoms with Crippen molar-refractivity contribution >= 4 is 34.1 Å². The summed E-state index contributed by atoms with van der Waals surface area (Å²) in [5, 5.41) is 0. The fraction of sp³-hybridized carbons (Fsp3) is 0.368. The van der Waals surface area contributed by atoms with Gasteiger partial charge in [-0.15, -0.1) is 0 Å². The number of benzene rings is 12. The van der Waals surface area contributed by atoms with Gasteiger partial charge in [0.15, 0.2) is 0 Å².